The maximum absolute atomic E-state index is 12.1. The van der Waals surface area contributed by atoms with E-state index >= 15 is 0 Å². The molecule has 6 heteroatoms. The second-order valence-electron chi connectivity index (χ2n) is 4.46. The smallest absolute Gasteiger partial charge is 0.260 e. The lowest BCUT2D eigenvalue weighted by atomic mass is 10.4. The number of pyridine rings is 1. The normalized spacial score (nSPS) is 10.9. The van der Waals surface area contributed by atoms with E-state index in [1.807, 2.05) is 23.4 Å². The van der Waals surface area contributed by atoms with Gasteiger partial charge in [-0.25, -0.2) is 4.98 Å². The Morgan fingerprint density at radius 2 is 2.25 bits per heavy atom. The highest BCUT2D eigenvalue weighted by Gasteiger charge is 2.08. The third-order valence-electron chi connectivity index (χ3n) is 2.97. The quantitative estimate of drug-likeness (QED) is 0.746. The van der Waals surface area contributed by atoms with E-state index in [-0.39, 0.29) is 5.56 Å². The molecule has 0 aliphatic heterocycles. The molecule has 20 heavy (non-hydrogen) atoms. The summed E-state index contributed by atoms with van der Waals surface area (Å²) in [6, 6.07) is 9.07. The topological polar surface area (TPSA) is 37.6 Å². The first kappa shape index (κ1) is 13.1. The van der Waals surface area contributed by atoms with Gasteiger partial charge in [0.05, 0.1) is 11.6 Å². The first-order valence-electron chi connectivity index (χ1n) is 6.06. The second-order valence-corrected chi connectivity index (χ2v) is 5.93. The van der Waals surface area contributed by atoms with Crippen LogP contribution in [-0.2, 0) is 6.54 Å². The van der Waals surface area contributed by atoms with Gasteiger partial charge < -0.3 is 4.90 Å². The number of anilines is 1. The highest BCUT2D eigenvalue weighted by molar-refractivity contribution is 7.09. The Labute approximate surface area is 124 Å². The van der Waals surface area contributed by atoms with Crippen LogP contribution in [0.5, 0.6) is 0 Å². The van der Waals surface area contributed by atoms with Gasteiger partial charge in [0.2, 0.25) is 0 Å². The van der Waals surface area contributed by atoms with Crippen molar-refractivity contribution in [2.75, 3.05) is 11.9 Å². The van der Waals surface area contributed by atoms with Crippen molar-refractivity contribution >= 4 is 34.4 Å². The van der Waals surface area contributed by atoms with Crippen LogP contribution >= 0.6 is 22.9 Å². The number of nitrogens with zero attached hydrogens (tertiary/aromatic N) is 3. The Hall–Kier alpha value is -1.85. The Bertz CT molecular complexity index is 798. The van der Waals surface area contributed by atoms with E-state index < -0.39 is 0 Å². The number of aromatic nitrogens is 2. The number of fused-ring (bicyclic) bond motifs is 1. The van der Waals surface area contributed by atoms with Crippen LogP contribution in [0.15, 0.2) is 46.7 Å². The minimum Gasteiger partial charge on any atom is -0.354 e. The number of rotatable bonds is 3. The van der Waals surface area contributed by atoms with E-state index in [0.717, 1.165) is 6.54 Å². The lowest BCUT2D eigenvalue weighted by Gasteiger charge is -2.17. The summed E-state index contributed by atoms with van der Waals surface area (Å²) in [5, 5.41) is 2.55. The van der Waals surface area contributed by atoms with Gasteiger partial charge in [0.1, 0.15) is 11.5 Å². The summed E-state index contributed by atoms with van der Waals surface area (Å²) < 4.78 is 1.45. The highest BCUT2D eigenvalue weighted by Crippen LogP contribution is 2.16. The van der Waals surface area contributed by atoms with Gasteiger partial charge in [-0.3, -0.25) is 9.20 Å². The second kappa shape index (κ2) is 5.26. The van der Waals surface area contributed by atoms with E-state index in [0.29, 0.717) is 16.5 Å². The average molecular weight is 306 g/mol. The first-order valence-corrected chi connectivity index (χ1v) is 7.32. The molecule has 0 saturated carbocycles. The molecule has 0 atom stereocenters. The molecule has 3 aromatic rings. The molecular weight excluding hydrogens is 294 g/mol. The zero-order valence-corrected chi connectivity index (χ0v) is 12.4. The van der Waals surface area contributed by atoms with E-state index in [9.17, 15) is 4.79 Å². The fraction of sp³-hybridized carbons (Fsp3) is 0.143. The molecule has 3 rings (SSSR count). The fourth-order valence-electron chi connectivity index (χ4n) is 1.98. The van der Waals surface area contributed by atoms with Crippen molar-refractivity contribution in [2.45, 2.75) is 6.54 Å². The van der Waals surface area contributed by atoms with Crippen LogP contribution in [-0.4, -0.2) is 16.4 Å². The van der Waals surface area contributed by atoms with Crippen LogP contribution < -0.4 is 10.5 Å². The molecule has 3 aromatic heterocycles. The van der Waals surface area contributed by atoms with Crippen molar-refractivity contribution in [1.82, 2.24) is 9.38 Å². The Morgan fingerprint density at radius 3 is 3.00 bits per heavy atom. The lowest BCUT2D eigenvalue weighted by molar-refractivity contribution is 0.899. The van der Waals surface area contributed by atoms with E-state index in [4.69, 9.17) is 11.6 Å². The Kier molecular flexibility index (Phi) is 3.46. The van der Waals surface area contributed by atoms with Crippen LogP contribution in [0, 0.1) is 0 Å². The van der Waals surface area contributed by atoms with Crippen LogP contribution in [0.2, 0.25) is 5.02 Å². The van der Waals surface area contributed by atoms with Crippen molar-refractivity contribution in [3.63, 3.8) is 0 Å². The standard InChI is InChI=1S/C14H12ClN3OS/c1-17(9-11-3-2-6-20-11)13-7-14(19)18-8-10(15)4-5-12(18)16-13/h2-8H,9H2,1H3. The highest BCUT2D eigenvalue weighted by atomic mass is 35.5. The van der Waals surface area contributed by atoms with Gasteiger partial charge in [-0.05, 0) is 23.6 Å². The Morgan fingerprint density at radius 1 is 1.40 bits per heavy atom. The predicted molar refractivity (Wildman–Crippen MR) is 82.9 cm³/mol. The molecule has 4 nitrogen and oxygen atoms in total. The summed E-state index contributed by atoms with van der Waals surface area (Å²) in [4.78, 5) is 19.8. The molecule has 0 aliphatic rings. The molecule has 0 radical (unpaired) electrons. The molecule has 0 bridgehead atoms. The molecule has 0 spiro atoms. The lowest BCUT2D eigenvalue weighted by Crippen LogP contribution is -2.22. The third-order valence-corrected chi connectivity index (χ3v) is 4.06. The maximum Gasteiger partial charge on any atom is 0.260 e. The minimum atomic E-state index is -0.134. The van der Waals surface area contributed by atoms with E-state index in [2.05, 4.69) is 11.1 Å². The summed E-state index contributed by atoms with van der Waals surface area (Å²) in [5.41, 5.74) is 0.459. The van der Waals surface area contributed by atoms with Crippen molar-refractivity contribution in [1.29, 1.82) is 0 Å². The van der Waals surface area contributed by atoms with Crippen molar-refractivity contribution < 1.29 is 0 Å². The number of thiophene rings is 1. The van der Waals surface area contributed by atoms with E-state index in [1.165, 1.54) is 15.3 Å². The summed E-state index contributed by atoms with van der Waals surface area (Å²) in [6.07, 6.45) is 1.58. The van der Waals surface area contributed by atoms with Crippen LogP contribution in [0.25, 0.3) is 5.65 Å². The maximum atomic E-state index is 12.1. The summed E-state index contributed by atoms with van der Waals surface area (Å²) in [6.45, 7) is 0.730. The van der Waals surface area contributed by atoms with E-state index in [1.54, 1.807) is 29.7 Å². The average Bonchev–Trinajstić information content (AvgIpc) is 2.92. The van der Waals surface area contributed by atoms with Gasteiger partial charge in [-0.1, -0.05) is 17.7 Å². The van der Waals surface area contributed by atoms with Gasteiger partial charge in [0, 0.05) is 24.2 Å². The molecule has 0 unspecified atom stereocenters. The fourth-order valence-corrected chi connectivity index (χ4v) is 2.89. The van der Waals surface area contributed by atoms with Crippen molar-refractivity contribution in [2.24, 2.45) is 0 Å². The van der Waals surface area contributed by atoms with Crippen molar-refractivity contribution in [3.05, 3.63) is 62.2 Å². The van der Waals surface area contributed by atoms with Crippen LogP contribution in [0.1, 0.15) is 4.88 Å². The zero-order valence-electron chi connectivity index (χ0n) is 10.8. The summed E-state index contributed by atoms with van der Waals surface area (Å²) in [7, 11) is 1.92. The SMILES string of the molecule is CN(Cc1cccs1)c1cc(=O)n2cc(Cl)ccc2n1. The van der Waals surface area contributed by atoms with Gasteiger partial charge >= 0.3 is 0 Å². The number of halogens is 1. The molecular formula is C14H12ClN3OS. The largest absolute Gasteiger partial charge is 0.354 e. The van der Waals surface area contributed by atoms with Crippen LogP contribution in [0.4, 0.5) is 5.82 Å². The first-order chi connectivity index (χ1) is 9.63. The summed E-state index contributed by atoms with van der Waals surface area (Å²) >= 11 is 7.58. The van der Waals surface area contributed by atoms with Gasteiger partial charge in [-0.2, -0.15) is 0 Å². The predicted octanol–water partition coefficient (Wildman–Crippen LogP) is 3.05. The molecule has 0 saturated heterocycles. The summed E-state index contributed by atoms with van der Waals surface area (Å²) in [5.74, 6) is 0.658. The van der Waals surface area contributed by atoms with Gasteiger partial charge in [-0.15, -0.1) is 11.3 Å². The minimum absolute atomic E-state index is 0.134. The van der Waals surface area contributed by atoms with Gasteiger partial charge in [0.25, 0.3) is 5.56 Å². The van der Waals surface area contributed by atoms with Gasteiger partial charge in [0.15, 0.2) is 0 Å². The monoisotopic (exact) mass is 305 g/mol. The molecule has 0 fully saturated rings. The molecule has 0 N–H and O–H groups in total. The molecule has 0 aliphatic carbocycles. The molecule has 0 amide bonds. The molecule has 3 heterocycles. The third kappa shape index (κ3) is 2.55. The van der Waals surface area contributed by atoms with Crippen molar-refractivity contribution in [3.8, 4) is 0 Å². The van der Waals surface area contributed by atoms with Crippen LogP contribution in [0.3, 0.4) is 0 Å². The number of hydrogen-bond acceptors (Lipinski definition) is 4. The molecule has 102 valence electrons. The molecule has 0 aromatic carbocycles. The Balaban J connectivity index is 2.00. The zero-order chi connectivity index (χ0) is 14.1. The number of hydrogen-bond donors (Lipinski definition) is 0.